The Morgan fingerprint density at radius 1 is 0.633 bits per heavy atom. The van der Waals surface area contributed by atoms with Gasteiger partial charge in [0.15, 0.2) is 0 Å². The molecule has 3 heteroatoms. The van der Waals surface area contributed by atoms with Gasteiger partial charge in [-0.3, -0.25) is 0 Å². The van der Waals surface area contributed by atoms with E-state index in [0.29, 0.717) is 0 Å². The Morgan fingerprint density at radius 3 is 1.80 bits per heavy atom. The summed E-state index contributed by atoms with van der Waals surface area (Å²) in [6.45, 7) is 19.2. The molecule has 255 valence electrons. The first kappa shape index (κ1) is 38.1. The van der Waals surface area contributed by atoms with Gasteiger partial charge in [-0.1, -0.05) is 0 Å². The van der Waals surface area contributed by atoms with Crippen molar-refractivity contribution >= 4 is 3.27 Å². The van der Waals surface area contributed by atoms with Gasteiger partial charge in [-0.2, -0.15) is 0 Å². The Morgan fingerprint density at radius 2 is 1.22 bits per heavy atom. The fourth-order valence-electron chi connectivity index (χ4n) is 8.79. The van der Waals surface area contributed by atoms with Crippen LogP contribution in [0.3, 0.4) is 0 Å². The topological polar surface area (TPSA) is 0 Å². The number of aryl methyl sites for hydroxylation is 2. The maximum atomic E-state index is 2.66. The predicted molar refractivity (Wildman–Crippen MR) is 201 cm³/mol. The van der Waals surface area contributed by atoms with E-state index >= 15 is 0 Å². The van der Waals surface area contributed by atoms with E-state index in [4.69, 9.17) is 0 Å². The van der Waals surface area contributed by atoms with Gasteiger partial charge in [0.25, 0.3) is 0 Å². The molecule has 0 amide bonds. The van der Waals surface area contributed by atoms with Crippen LogP contribution in [0.25, 0.3) is 33.4 Å². The van der Waals surface area contributed by atoms with Crippen molar-refractivity contribution in [2.24, 2.45) is 0 Å². The van der Waals surface area contributed by atoms with E-state index in [0.717, 1.165) is 10.0 Å². The Kier molecular flexibility index (Phi) is 11.5. The zero-order chi connectivity index (χ0) is 33.1. The van der Waals surface area contributed by atoms with Crippen molar-refractivity contribution in [1.82, 2.24) is 0 Å². The molecule has 1 fully saturated rings. The van der Waals surface area contributed by atoms with Crippen molar-refractivity contribution in [3.8, 4) is 33.4 Å². The second-order valence-corrected chi connectivity index (χ2v) is 23.5. The normalized spacial score (nSPS) is 15.6. The maximum absolute atomic E-state index is 2.66. The maximum Gasteiger partial charge on any atom is -1.00 e. The number of fused-ring (bicyclic) bond motifs is 3. The van der Waals surface area contributed by atoms with Crippen LogP contribution in [0.2, 0.25) is 3.63 Å². The van der Waals surface area contributed by atoms with E-state index in [1.807, 2.05) is 6.55 Å². The SMILES string of the molecule is Cc1ccccc1-c1cc2c(cc1C(C)(C)C)-c1cc(C(C)(C)C)c(-c3ccccc3C)[c]([Zr+2]([C]3=CC=CC3)[CH]3CCCCC3)c1C2.[Cl-].[Cl-]. The summed E-state index contributed by atoms with van der Waals surface area (Å²) in [4.78, 5) is 0. The summed E-state index contributed by atoms with van der Waals surface area (Å²) >= 11 is -2.39. The summed E-state index contributed by atoms with van der Waals surface area (Å²) in [5.74, 6) is 0. The summed E-state index contributed by atoms with van der Waals surface area (Å²) in [5.41, 5.74) is 18.0. The number of allylic oxidation sites excluding steroid dienone is 4. The number of hydrogen-bond acceptors (Lipinski definition) is 0. The zero-order valence-electron chi connectivity index (χ0n) is 30.9. The minimum Gasteiger partial charge on any atom is -1.00 e. The van der Waals surface area contributed by atoms with Gasteiger partial charge < -0.3 is 24.8 Å². The summed E-state index contributed by atoms with van der Waals surface area (Å²) < 4.78 is 4.56. The van der Waals surface area contributed by atoms with Crippen LogP contribution in [0.1, 0.15) is 113 Å². The third-order valence-electron chi connectivity index (χ3n) is 11.2. The molecular weight excluding hydrogens is 715 g/mol. The Balaban J connectivity index is 0.00000234. The molecule has 0 unspecified atom stereocenters. The molecule has 4 aromatic carbocycles. The predicted octanol–water partition coefficient (Wildman–Crippen LogP) is 6.65. The molecule has 3 aliphatic carbocycles. The van der Waals surface area contributed by atoms with E-state index in [2.05, 4.69) is 140 Å². The average molecular weight is 768 g/mol. The van der Waals surface area contributed by atoms with Crippen LogP contribution in [-0.4, -0.2) is 0 Å². The molecule has 0 nitrogen and oxygen atoms in total. The van der Waals surface area contributed by atoms with Crippen molar-refractivity contribution in [3.63, 3.8) is 0 Å². The monoisotopic (exact) mass is 765 g/mol. The fraction of sp³-hybridized carbons (Fsp3) is 0.391. The first-order valence-corrected chi connectivity index (χ1v) is 22.0. The van der Waals surface area contributed by atoms with Gasteiger partial charge >= 0.3 is 295 Å². The number of benzene rings is 4. The summed E-state index contributed by atoms with van der Waals surface area (Å²) in [7, 11) is 0. The van der Waals surface area contributed by atoms with Gasteiger partial charge in [0.2, 0.25) is 0 Å². The Labute approximate surface area is 317 Å². The molecule has 0 saturated heterocycles. The quantitative estimate of drug-likeness (QED) is 0.188. The molecule has 1 saturated carbocycles. The molecule has 0 heterocycles. The van der Waals surface area contributed by atoms with Crippen molar-refractivity contribution in [1.29, 1.82) is 0 Å². The third kappa shape index (κ3) is 7.17. The molecule has 49 heavy (non-hydrogen) atoms. The summed E-state index contributed by atoms with van der Waals surface area (Å²) in [6, 6.07) is 26.2. The number of rotatable bonds is 5. The van der Waals surface area contributed by atoms with Gasteiger partial charge in [0.05, 0.1) is 0 Å². The van der Waals surface area contributed by atoms with Crippen LogP contribution >= 0.6 is 0 Å². The van der Waals surface area contributed by atoms with Crippen LogP contribution in [0, 0.1) is 13.8 Å². The third-order valence-corrected chi connectivity index (χ3v) is 19.9. The van der Waals surface area contributed by atoms with Gasteiger partial charge in [0, 0.05) is 0 Å². The molecule has 0 radical (unpaired) electrons. The number of hydrogen-bond donors (Lipinski definition) is 0. The zero-order valence-corrected chi connectivity index (χ0v) is 34.8. The van der Waals surface area contributed by atoms with E-state index in [1.54, 1.807) is 22.3 Å². The van der Waals surface area contributed by atoms with Crippen LogP contribution < -0.4 is 28.1 Å². The van der Waals surface area contributed by atoms with Crippen molar-refractivity contribution < 1.29 is 46.6 Å². The van der Waals surface area contributed by atoms with Crippen molar-refractivity contribution in [2.75, 3.05) is 0 Å². The fourth-order valence-corrected chi connectivity index (χ4v) is 18.5. The average Bonchev–Trinajstić information content (AvgIpc) is 3.69. The standard InChI is InChI=1S/C35H37.C6H11.C5H5.2ClH.Zr/c1-22-13-9-11-15-26(22)30-18-24-17-25-19-31(27-16-12-10-14-23(27)2)33(35(6,7)8)21-29(25)28(24)20-32(30)34(3,4)5;1-2-4-6-5-3-1;1-2-4-5-3-1;;;/h9-16,18,20-21H,17H2,1-8H3;1H,2-6H2;1-3H,4H2;2*1H;/q;;;;;+2/p-2. The molecule has 0 atom stereocenters. The minimum absolute atomic E-state index is 0. The molecule has 0 aliphatic heterocycles. The molecule has 3 aliphatic rings. The van der Waals surface area contributed by atoms with Gasteiger partial charge in [-0.25, -0.2) is 0 Å². The second-order valence-electron chi connectivity index (χ2n) is 16.6. The van der Waals surface area contributed by atoms with E-state index in [9.17, 15) is 0 Å². The Hall–Kier alpha value is -2.18. The smallest absolute Gasteiger partial charge is 1.00 e. The van der Waals surface area contributed by atoms with Gasteiger partial charge in [-0.05, 0) is 0 Å². The molecule has 0 spiro atoms. The summed E-state index contributed by atoms with van der Waals surface area (Å²) in [5, 5.41) is 0. The largest absolute Gasteiger partial charge is 1.00 e. The van der Waals surface area contributed by atoms with Gasteiger partial charge in [0.1, 0.15) is 0 Å². The van der Waals surface area contributed by atoms with Crippen LogP contribution in [0.4, 0.5) is 0 Å². The van der Waals surface area contributed by atoms with E-state index < -0.39 is 21.8 Å². The molecule has 0 N–H and O–H groups in total. The number of halogens is 2. The first-order chi connectivity index (χ1) is 22.4. The molecule has 0 bridgehead atoms. The molecule has 4 aromatic rings. The minimum atomic E-state index is -2.39. The summed E-state index contributed by atoms with van der Waals surface area (Å²) in [6.07, 6.45) is 16.7. The first-order valence-electron chi connectivity index (χ1n) is 18.2. The van der Waals surface area contributed by atoms with Crippen LogP contribution in [0.15, 0.2) is 88.2 Å². The van der Waals surface area contributed by atoms with Crippen molar-refractivity contribution in [3.05, 3.63) is 122 Å². The van der Waals surface area contributed by atoms with Gasteiger partial charge in [-0.15, -0.1) is 0 Å². The van der Waals surface area contributed by atoms with E-state index in [1.165, 1.54) is 83.0 Å². The molecule has 7 rings (SSSR count). The molecular formula is C46H53Cl2Zr. The van der Waals surface area contributed by atoms with E-state index in [-0.39, 0.29) is 35.6 Å². The van der Waals surface area contributed by atoms with Crippen LogP contribution in [-0.2, 0) is 39.0 Å². The Bertz CT molecular complexity index is 1910. The molecule has 0 aromatic heterocycles. The second kappa shape index (κ2) is 14.8. The van der Waals surface area contributed by atoms with Crippen molar-refractivity contribution in [2.45, 2.75) is 115 Å². The van der Waals surface area contributed by atoms with Crippen LogP contribution in [0.5, 0.6) is 0 Å².